The molecule has 3 aromatic rings. The predicted molar refractivity (Wildman–Crippen MR) is 114 cm³/mol. The van der Waals surface area contributed by atoms with Crippen molar-refractivity contribution in [3.63, 3.8) is 0 Å². The number of fused-ring (bicyclic) bond motifs is 1. The smallest absolute Gasteiger partial charge is 0.224 e. The van der Waals surface area contributed by atoms with Crippen molar-refractivity contribution in [2.24, 2.45) is 5.73 Å². The normalized spacial score (nSPS) is 16.8. The Hall–Kier alpha value is -3.06. The van der Waals surface area contributed by atoms with Gasteiger partial charge in [0.05, 0.1) is 12.6 Å². The molecule has 2 unspecified atom stereocenters. The van der Waals surface area contributed by atoms with Crippen LogP contribution in [0.25, 0.3) is 0 Å². The lowest BCUT2D eigenvalue weighted by atomic mass is 10.00. The van der Waals surface area contributed by atoms with Gasteiger partial charge in [0, 0.05) is 30.9 Å². The minimum atomic E-state index is -0.905. The number of halogens is 2. The van der Waals surface area contributed by atoms with Crippen molar-refractivity contribution in [2.45, 2.75) is 51.4 Å². The van der Waals surface area contributed by atoms with E-state index in [0.29, 0.717) is 25.1 Å². The van der Waals surface area contributed by atoms with E-state index >= 15 is 0 Å². The molecule has 1 amide bonds. The first-order valence-corrected chi connectivity index (χ1v) is 10.4. The molecule has 7 heteroatoms. The molecular weight excluding hydrogens is 398 g/mol. The van der Waals surface area contributed by atoms with Gasteiger partial charge in [0.15, 0.2) is 11.6 Å². The first-order chi connectivity index (χ1) is 14.9. The van der Waals surface area contributed by atoms with Crippen molar-refractivity contribution in [3.05, 3.63) is 89.0 Å². The Kier molecular flexibility index (Phi) is 6.13. The molecule has 0 spiro atoms. The second-order valence-corrected chi connectivity index (χ2v) is 8.21. The fourth-order valence-corrected chi connectivity index (χ4v) is 4.21. The summed E-state index contributed by atoms with van der Waals surface area (Å²) in [6.45, 7) is 3.13. The van der Waals surface area contributed by atoms with E-state index in [1.54, 1.807) is 0 Å². The van der Waals surface area contributed by atoms with Gasteiger partial charge in [0.2, 0.25) is 5.91 Å². The Morgan fingerprint density at radius 3 is 2.68 bits per heavy atom. The molecule has 0 radical (unpaired) electrons. The number of aryl methyl sites for hydroxylation is 1. The molecule has 162 valence electrons. The molecule has 0 fully saturated rings. The summed E-state index contributed by atoms with van der Waals surface area (Å²) in [4.78, 5) is 19.5. The number of imidazole rings is 1. The van der Waals surface area contributed by atoms with Gasteiger partial charge in [-0.05, 0) is 43.0 Å². The molecular formula is C24H26F2N4O. The van der Waals surface area contributed by atoms with Crippen LogP contribution in [0.4, 0.5) is 8.78 Å². The number of carbonyl (C=O) groups is 1. The standard InChI is InChI=1S/C24H26F2N4O/c1-16-13-28-23-15-30(20(14-29(16)23)10-17-5-3-2-4-6-17)24(31)12-19(27)9-18-7-8-21(25)22(26)11-18/h2-8,11,13,19-20H,9-10,12,14-15,27H2,1H3. The van der Waals surface area contributed by atoms with Gasteiger partial charge in [0.25, 0.3) is 0 Å². The monoisotopic (exact) mass is 424 g/mol. The molecule has 4 rings (SSSR count). The van der Waals surface area contributed by atoms with Crippen LogP contribution < -0.4 is 5.73 Å². The Bertz CT molecular complexity index is 1070. The van der Waals surface area contributed by atoms with E-state index in [-0.39, 0.29) is 18.4 Å². The Balaban J connectivity index is 1.48. The van der Waals surface area contributed by atoms with E-state index in [2.05, 4.69) is 21.7 Å². The first kappa shape index (κ1) is 21.2. The highest BCUT2D eigenvalue weighted by molar-refractivity contribution is 5.77. The lowest BCUT2D eigenvalue weighted by Gasteiger charge is -2.37. The van der Waals surface area contributed by atoms with Gasteiger partial charge in [-0.1, -0.05) is 36.4 Å². The van der Waals surface area contributed by atoms with Gasteiger partial charge in [-0.25, -0.2) is 13.8 Å². The zero-order valence-electron chi connectivity index (χ0n) is 17.5. The van der Waals surface area contributed by atoms with Crippen molar-refractivity contribution in [1.82, 2.24) is 14.5 Å². The first-order valence-electron chi connectivity index (χ1n) is 10.4. The van der Waals surface area contributed by atoms with Gasteiger partial charge in [-0.15, -0.1) is 0 Å². The molecule has 1 aliphatic heterocycles. The van der Waals surface area contributed by atoms with E-state index in [4.69, 9.17) is 5.73 Å². The van der Waals surface area contributed by atoms with Gasteiger partial charge in [-0.3, -0.25) is 4.79 Å². The summed E-state index contributed by atoms with van der Waals surface area (Å²) in [6, 6.07) is 13.3. The van der Waals surface area contributed by atoms with Crippen LogP contribution in [0.1, 0.15) is 29.1 Å². The molecule has 0 bridgehead atoms. The fraction of sp³-hybridized carbons (Fsp3) is 0.333. The number of hydrogen-bond acceptors (Lipinski definition) is 3. The van der Waals surface area contributed by atoms with Gasteiger partial charge < -0.3 is 15.2 Å². The highest BCUT2D eigenvalue weighted by atomic mass is 19.2. The van der Waals surface area contributed by atoms with E-state index in [0.717, 1.165) is 35.6 Å². The third kappa shape index (κ3) is 4.82. The second-order valence-electron chi connectivity index (χ2n) is 8.21. The van der Waals surface area contributed by atoms with Crippen LogP contribution in [0, 0.1) is 18.6 Å². The van der Waals surface area contributed by atoms with E-state index in [1.807, 2.05) is 36.2 Å². The lowest BCUT2D eigenvalue weighted by Crippen LogP contribution is -2.49. The van der Waals surface area contributed by atoms with E-state index in [1.165, 1.54) is 6.07 Å². The summed E-state index contributed by atoms with van der Waals surface area (Å²) < 4.78 is 28.8. The number of benzene rings is 2. The molecule has 2 N–H and O–H groups in total. The topological polar surface area (TPSA) is 64.2 Å². The van der Waals surface area contributed by atoms with Crippen molar-refractivity contribution in [2.75, 3.05) is 0 Å². The van der Waals surface area contributed by atoms with Crippen LogP contribution in [0.3, 0.4) is 0 Å². The highest BCUT2D eigenvalue weighted by Crippen LogP contribution is 2.23. The predicted octanol–water partition coefficient (Wildman–Crippen LogP) is 3.38. The van der Waals surface area contributed by atoms with Crippen molar-refractivity contribution in [3.8, 4) is 0 Å². The SMILES string of the molecule is Cc1cnc2n1CC(Cc1ccccc1)N(C(=O)CC(N)Cc1ccc(F)c(F)c1)C2. The molecule has 2 atom stereocenters. The maximum absolute atomic E-state index is 13.5. The average molecular weight is 424 g/mol. The number of hydrogen-bond donors (Lipinski definition) is 1. The molecule has 31 heavy (non-hydrogen) atoms. The molecule has 0 aliphatic carbocycles. The third-order valence-electron chi connectivity index (χ3n) is 5.84. The largest absolute Gasteiger partial charge is 0.330 e. The minimum absolute atomic E-state index is 0.00855. The number of nitrogens with two attached hydrogens (primary N) is 1. The number of carbonyl (C=O) groups excluding carboxylic acids is 1. The Morgan fingerprint density at radius 2 is 1.94 bits per heavy atom. The van der Waals surface area contributed by atoms with E-state index < -0.39 is 17.7 Å². The van der Waals surface area contributed by atoms with Gasteiger partial charge in [0.1, 0.15) is 5.82 Å². The highest BCUT2D eigenvalue weighted by Gasteiger charge is 2.32. The fourth-order valence-electron chi connectivity index (χ4n) is 4.21. The van der Waals surface area contributed by atoms with Crippen molar-refractivity contribution < 1.29 is 13.6 Å². The summed E-state index contributed by atoms with van der Waals surface area (Å²) in [6.07, 6.45) is 3.00. The molecule has 2 heterocycles. The quantitative estimate of drug-likeness (QED) is 0.660. The van der Waals surface area contributed by atoms with Crippen molar-refractivity contribution in [1.29, 1.82) is 0 Å². The van der Waals surface area contributed by atoms with Gasteiger partial charge in [-0.2, -0.15) is 0 Å². The summed E-state index contributed by atoms with van der Waals surface area (Å²) in [7, 11) is 0. The molecule has 1 aliphatic rings. The number of rotatable bonds is 6. The molecule has 0 saturated carbocycles. The van der Waals surface area contributed by atoms with E-state index in [9.17, 15) is 13.6 Å². The molecule has 1 aromatic heterocycles. The van der Waals surface area contributed by atoms with Crippen LogP contribution in [0.15, 0.2) is 54.7 Å². The summed E-state index contributed by atoms with van der Waals surface area (Å²) in [5.41, 5.74) is 9.03. The maximum atomic E-state index is 13.5. The van der Waals surface area contributed by atoms with Gasteiger partial charge >= 0.3 is 0 Å². The summed E-state index contributed by atoms with van der Waals surface area (Å²) in [5.74, 6) is -0.985. The van der Waals surface area contributed by atoms with Crippen LogP contribution in [-0.4, -0.2) is 32.4 Å². The minimum Gasteiger partial charge on any atom is -0.330 e. The number of amides is 1. The maximum Gasteiger partial charge on any atom is 0.224 e. The van der Waals surface area contributed by atoms with Crippen LogP contribution in [0.2, 0.25) is 0 Å². The summed E-state index contributed by atoms with van der Waals surface area (Å²) in [5, 5.41) is 0. The zero-order valence-corrected chi connectivity index (χ0v) is 17.5. The summed E-state index contributed by atoms with van der Waals surface area (Å²) >= 11 is 0. The molecule has 5 nitrogen and oxygen atoms in total. The Labute approximate surface area is 180 Å². The number of nitrogens with zero attached hydrogens (tertiary/aromatic N) is 3. The molecule has 2 aromatic carbocycles. The van der Waals surface area contributed by atoms with Crippen LogP contribution in [0.5, 0.6) is 0 Å². The van der Waals surface area contributed by atoms with Crippen LogP contribution in [-0.2, 0) is 30.7 Å². The zero-order chi connectivity index (χ0) is 22.0. The molecule has 0 saturated heterocycles. The Morgan fingerprint density at radius 1 is 1.16 bits per heavy atom. The number of aromatic nitrogens is 2. The third-order valence-corrected chi connectivity index (χ3v) is 5.84. The second kappa shape index (κ2) is 8.98. The lowest BCUT2D eigenvalue weighted by molar-refractivity contribution is -0.136. The average Bonchev–Trinajstić information content (AvgIpc) is 3.11. The van der Waals surface area contributed by atoms with Crippen molar-refractivity contribution >= 4 is 5.91 Å². The van der Waals surface area contributed by atoms with Crippen LogP contribution >= 0.6 is 0 Å².